The van der Waals surface area contributed by atoms with Crippen LogP contribution in [-0.4, -0.2) is 64.4 Å². The summed E-state index contributed by atoms with van der Waals surface area (Å²) in [5.74, 6) is -0.0222. The third-order valence-electron chi connectivity index (χ3n) is 3.83. The van der Waals surface area contributed by atoms with Gasteiger partial charge >= 0.3 is 6.09 Å². The van der Waals surface area contributed by atoms with E-state index in [0.29, 0.717) is 44.2 Å². The molecule has 8 heteroatoms. The van der Waals surface area contributed by atoms with Gasteiger partial charge in [0.1, 0.15) is 6.04 Å². The smallest absolute Gasteiger partial charge is 0.409 e. The normalized spacial score (nSPS) is 16.5. The van der Waals surface area contributed by atoms with E-state index < -0.39 is 6.04 Å². The fraction of sp³-hybridized carbons (Fsp3) is 0.643. The maximum atomic E-state index is 12.5. The monoisotopic (exact) mass is 309 g/mol. The molecule has 0 radical (unpaired) electrons. The molecule has 0 aromatic carbocycles. The van der Waals surface area contributed by atoms with Gasteiger partial charge in [-0.25, -0.2) is 4.79 Å². The summed E-state index contributed by atoms with van der Waals surface area (Å²) in [7, 11) is 0. The Balaban J connectivity index is 1.93. The van der Waals surface area contributed by atoms with Crippen molar-refractivity contribution in [2.45, 2.75) is 26.8 Å². The minimum atomic E-state index is -0.412. The Morgan fingerprint density at radius 3 is 2.41 bits per heavy atom. The minimum absolute atomic E-state index is 0.0222. The van der Waals surface area contributed by atoms with Gasteiger partial charge < -0.3 is 20.3 Å². The first-order valence-corrected chi connectivity index (χ1v) is 7.45. The topological polar surface area (TPSA) is 93.7 Å². The molecule has 2 N–H and O–H groups in total. The molecule has 1 fully saturated rings. The van der Waals surface area contributed by atoms with Crippen molar-refractivity contribution in [3.63, 3.8) is 0 Å². The number of hydrogen-bond acceptors (Lipinski definition) is 5. The average molecular weight is 309 g/mol. The second-order valence-corrected chi connectivity index (χ2v) is 5.34. The summed E-state index contributed by atoms with van der Waals surface area (Å²) in [6.07, 6.45) is 1.35. The Bertz CT molecular complexity index is 529. The Morgan fingerprint density at radius 1 is 1.32 bits per heavy atom. The van der Waals surface area contributed by atoms with Crippen molar-refractivity contribution in [2.75, 3.05) is 38.5 Å². The van der Waals surface area contributed by atoms with Crippen LogP contribution in [-0.2, 0) is 9.53 Å². The molecular formula is C14H23N5O3. The van der Waals surface area contributed by atoms with E-state index >= 15 is 0 Å². The van der Waals surface area contributed by atoms with E-state index in [2.05, 4.69) is 5.10 Å². The number of aryl methyl sites for hydroxylation is 1. The number of aromatic nitrogens is 2. The summed E-state index contributed by atoms with van der Waals surface area (Å²) < 4.78 is 6.55. The lowest BCUT2D eigenvalue weighted by Gasteiger charge is -2.35. The van der Waals surface area contributed by atoms with E-state index in [-0.39, 0.29) is 12.0 Å². The first-order valence-electron chi connectivity index (χ1n) is 7.45. The maximum absolute atomic E-state index is 12.5. The molecule has 1 saturated heterocycles. The predicted octanol–water partition coefficient (Wildman–Crippen LogP) is 0.635. The summed E-state index contributed by atoms with van der Waals surface area (Å²) in [5, 5.41) is 4.25. The van der Waals surface area contributed by atoms with Crippen LogP contribution in [0.5, 0.6) is 0 Å². The zero-order chi connectivity index (χ0) is 16.3. The highest BCUT2D eigenvalue weighted by Crippen LogP contribution is 2.16. The molecule has 1 atom stereocenters. The molecule has 0 spiro atoms. The molecule has 1 aliphatic rings. The highest BCUT2D eigenvalue weighted by Gasteiger charge is 2.28. The lowest BCUT2D eigenvalue weighted by Crippen LogP contribution is -2.52. The first-order chi connectivity index (χ1) is 10.4. The van der Waals surface area contributed by atoms with Gasteiger partial charge in [0.05, 0.1) is 18.0 Å². The van der Waals surface area contributed by atoms with E-state index in [4.69, 9.17) is 10.5 Å². The van der Waals surface area contributed by atoms with Gasteiger partial charge in [-0.15, -0.1) is 0 Å². The number of nitrogen functional groups attached to an aromatic ring is 1. The fourth-order valence-electron chi connectivity index (χ4n) is 2.40. The molecular weight excluding hydrogens is 286 g/mol. The van der Waals surface area contributed by atoms with Crippen LogP contribution >= 0.6 is 0 Å². The van der Waals surface area contributed by atoms with Crippen molar-refractivity contribution in [3.8, 4) is 0 Å². The third kappa shape index (κ3) is 3.32. The van der Waals surface area contributed by atoms with Crippen LogP contribution in [0.4, 0.5) is 10.5 Å². The molecule has 8 nitrogen and oxygen atoms in total. The number of carbonyl (C=O) groups excluding carboxylic acids is 2. The number of anilines is 1. The van der Waals surface area contributed by atoms with Crippen molar-refractivity contribution < 1.29 is 14.3 Å². The number of rotatable bonds is 3. The summed E-state index contributed by atoms with van der Waals surface area (Å²) >= 11 is 0. The fourth-order valence-corrected chi connectivity index (χ4v) is 2.40. The number of amides is 2. The largest absolute Gasteiger partial charge is 0.450 e. The van der Waals surface area contributed by atoms with Crippen LogP contribution in [0, 0.1) is 6.92 Å². The quantitative estimate of drug-likeness (QED) is 0.884. The van der Waals surface area contributed by atoms with Crippen molar-refractivity contribution in [1.29, 1.82) is 0 Å². The van der Waals surface area contributed by atoms with Gasteiger partial charge in [0.15, 0.2) is 0 Å². The van der Waals surface area contributed by atoms with Gasteiger partial charge in [0.25, 0.3) is 0 Å². The van der Waals surface area contributed by atoms with Crippen molar-refractivity contribution in [2.24, 2.45) is 0 Å². The Kier molecular flexibility index (Phi) is 4.89. The van der Waals surface area contributed by atoms with Gasteiger partial charge in [-0.2, -0.15) is 5.10 Å². The molecule has 1 aliphatic heterocycles. The van der Waals surface area contributed by atoms with Gasteiger partial charge in [0.2, 0.25) is 5.91 Å². The SMILES string of the molecule is CCOC(=O)N1CCN(C(=O)[C@H](C)n2cc(N)c(C)n2)CC1. The predicted molar refractivity (Wildman–Crippen MR) is 81.3 cm³/mol. The lowest BCUT2D eigenvalue weighted by molar-refractivity contribution is -0.136. The van der Waals surface area contributed by atoms with Crippen LogP contribution in [0.15, 0.2) is 6.20 Å². The van der Waals surface area contributed by atoms with Crippen LogP contribution in [0.3, 0.4) is 0 Å². The molecule has 0 unspecified atom stereocenters. The number of ether oxygens (including phenoxy) is 1. The second-order valence-electron chi connectivity index (χ2n) is 5.34. The molecule has 0 aliphatic carbocycles. The minimum Gasteiger partial charge on any atom is -0.450 e. The average Bonchev–Trinajstić information content (AvgIpc) is 2.85. The zero-order valence-corrected chi connectivity index (χ0v) is 13.3. The highest BCUT2D eigenvalue weighted by molar-refractivity contribution is 5.80. The summed E-state index contributed by atoms with van der Waals surface area (Å²) in [5.41, 5.74) is 7.06. The van der Waals surface area contributed by atoms with Gasteiger partial charge in [0, 0.05) is 32.4 Å². The molecule has 1 aromatic heterocycles. The van der Waals surface area contributed by atoms with E-state index in [0.717, 1.165) is 0 Å². The van der Waals surface area contributed by atoms with Crippen LogP contribution in [0.1, 0.15) is 25.6 Å². The van der Waals surface area contributed by atoms with Crippen LogP contribution < -0.4 is 5.73 Å². The van der Waals surface area contributed by atoms with Gasteiger partial charge in [-0.3, -0.25) is 9.48 Å². The van der Waals surface area contributed by atoms with E-state index in [1.165, 1.54) is 0 Å². The Hall–Kier alpha value is -2.25. The van der Waals surface area contributed by atoms with Crippen molar-refractivity contribution in [1.82, 2.24) is 19.6 Å². The number of piperazine rings is 1. The molecule has 0 saturated carbocycles. The molecule has 2 heterocycles. The maximum Gasteiger partial charge on any atom is 0.409 e. The number of carbonyl (C=O) groups is 2. The number of hydrogen-bond donors (Lipinski definition) is 1. The standard InChI is InChI=1S/C14H23N5O3/c1-4-22-14(21)18-7-5-17(6-8-18)13(20)11(3)19-9-12(15)10(2)16-19/h9,11H,4-8,15H2,1-3H3/t11-/m0/s1. The second kappa shape index (κ2) is 6.67. The molecule has 22 heavy (non-hydrogen) atoms. The van der Waals surface area contributed by atoms with Crippen LogP contribution in [0.25, 0.3) is 0 Å². The van der Waals surface area contributed by atoms with E-state index in [1.807, 2.05) is 0 Å². The zero-order valence-electron chi connectivity index (χ0n) is 13.3. The Labute approximate surface area is 129 Å². The molecule has 0 bridgehead atoms. The number of nitrogens with two attached hydrogens (primary N) is 1. The number of nitrogens with zero attached hydrogens (tertiary/aromatic N) is 4. The van der Waals surface area contributed by atoms with Crippen molar-refractivity contribution >= 4 is 17.7 Å². The summed E-state index contributed by atoms with van der Waals surface area (Å²) in [6, 6.07) is -0.412. The van der Waals surface area contributed by atoms with E-state index in [9.17, 15) is 9.59 Å². The first kappa shape index (κ1) is 16.1. The third-order valence-corrected chi connectivity index (χ3v) is 3.83. The Morgan fingerprint density at radius 2 is 1.91 bits per heavy atom. The summed E-state index contributed by atoms with van der Waals surface area (Å²) in [6.45, 7) is 7.70. The van der Waals surface area contributed by atoms with Crippen molar-refractivity contribution in [3.05, 3.63) is 11.9 Å². The molecule has 2 rings (SSSR count). The highest BCUT2D eigenvalue weighted by atomic mass is 16.6. The summed E-state index contributed by atoms with van der Waals surface area (Å²) in [4.78, 5) is 27.5. The molecule has 2 amide bonds. The van der Waals surface area contributed by atoms with Crippen LogP contribution in [0.2, 0.25) is 0 Å². The molecule has 1 aromatic rings. The molecule has 122 valence electrons. The lowest BCUT2D eigenvalue weighted by atomic mass is 10.2. The van der Waals surface area contributed by atoms with E-state index in [1.54, 1.807) is 41.4 Å². The van der Waals surface area contributed by atoms with Gasteiger partial charge in [-0.05, 0) is 20.8 Å². The van der Waals surface area contributed by atoms with Gasteiger partial charge in [-0.1, -0.05) is 0 Å².